The zero-order valence-electron chi connectivity index (χ0n) is 16.5. The summed E-state index contributed by atoms with van der Waals surface area (Å²) in [5.74, 6) is 0.534. The molecule has 1 amide bonds. The fourth-order valence-corrected chi connectivity index (χ4v) is 3.62. The molecule has 1 N–H and O–H groups in total. The topological polar surface area (TPSA) is 72.2 Å². The van der Waals surface area contributed by atoms with Crippen molar-refractivity contribution in [2.45, 2.75) is 52.1 Å². The van der Waals surface area contributed by atoms with Gasteiger partial charge in [0.25, 0.3) is 5.78 Å². The van der Waals surface area contributed by atoms with Crippen LogP contribution in [0.3, 0.4) is 0 Å². The summed E-state index contributed by atoms with van der Waals surface area (Å²) in [6.45, 7) is 8.08. The van der Waals surface area contributed by atoms with Gasteiger partial charge in [0.05, 0.1) is 6.42 Å². The maximum Gasteiger partial charge on any atom is 0.253 e. The first kappa shape index (κ1) is 19.4. The van der Waals surface area contributed by atoms with E-state index in [1.165, 1.54) is 11.8 Å². The molecule has 0 saturated carbocycles. The molecule has 6 nitrogen and oxygen atoms in total. The maximum atomic E-state index is 12.8. The van der Waals surface area contributed by atoms with Crippen LogP contribution in [0.25, 0.3) is 5.78 Å². The number of carbonyl (C=O) groups is 1. The van der Waals surface area contributed by atoms with Gasteiger partial charge < -0.3 is 5.32 Å². The summed E-state index contributed by atoms with van der Waals surface area (Å²) in [5, 5.41) is 8.26. The molecule has 1 aromatic carbocycles. The van der Waals surface area contributed by atoms with E-state index in [0.29, 0.717) is 10.9 Å². The second-order valence-corrected chi connectivity index (χ2v) is 7.23. The molecule has 0 unspecified atom stereocenters. The number of hydrogen-bond donors (Lipinski definition) is 1. The zero-order valence-corrected chi connectivity index (χ0v) is 17.3. The predicted octanol–water partition coefficient (Wildman–Crippen LogP) is 3.77. The van der Waals surface area contributed by atoms with Gasteiger partial charge in [-0.15, -0.1) is 5.10 Å². The third-order valence-electron chi connectivity index (χ3n) is 4.81. The molecule has 7 heteroatoms. The number of anilines is 1. The predicted molar refractivity (Wildman–Crippen MR) is 110 cm³/mol. The van der Waals surface area contributed by atoms with Crippen molar-refractivity contribution in [1.82, 2.24) is 19.6 Å². The minimum atomic E-state index is -0.0387. The minimum Gasteiger partial charge on any atom is -0.325 e. The number of hydrogen-bond acceptors (Lipinski definition) is 5. The Balaban J connectivity index is 1.91. The van der Waals surface area contributed by atoms with Gasteiger partial charge in [-0.1, -0.05) is 43.8 Å². The quantitative estimate of drug-likeness (QED) is 0.656. The number of amides is 1. The molecule has 0 bridgehead atoms. The van der Waals surface area contributed by atoms with Crippen molar-refractivity contribution in [3.8, 4) is 0 Å². The van der Waals surface area contributed by atoms with E-state index in [4.69, 9.17) is 0 Å². The van der Waals surface area contributed by atoms with Crippen molar-refractivity contribution >= 4 is 29.1 Å². The molecule has 2 aromatic heterocycles. The van der Waals surface area contributed by atoms with Crippen LogP contribution in [0.2, 0.25) is 0 Å². The summed E-state index contributed by atoms with van der Waals surface area (Å²) in [6, 6.07) is 6.18. The lowest BCUT2D eigenvalue weighted by atomic mass is 10.0. The van der Waals surface area contributed by atoms with E-state index in [1.807, 2.05) is 26.2 Å². The normalized spacial score (nSPS) is 11.1. The largest absolute Gasteiger partial charge is 0.325 e. The summed E-state index contributed by atoms with van der Waals surface area (Å²) in [5.41, 5.74) is 5.87. The monoisotopic (exact) mass is 383 g/mol. The van der Waals surface area contributed by atoms with Gasteiger partial charge in [0.15, 0.2) is 0 Å². The second-order valence-electron chi connectivity index (χ2n) is 6.45. The number of carbonyl (C=O) groups excluding carboxylic acids is 1. The van der Waals surface area contributed by atoms with Crippen LogP contribution >= 0.6 is 11.8 Å². The smallest absolute Gasteiger partial charge is 0.253 e. The average Bonchev–Trinajstić information content (AvgIpc) is 3.08. The molecular formula is C20H25N5OS. The van der Waals surface area contributed by atoms with Crippen LogP contribution in [0.5, 0.6) is 0 Å². The Labute approximate surface area is 163 Å². The number of nitrogens with zero attached hydrogens (tertiary/aromatic N) is 4. The fraction of sp³-hybridized carbons (Fsp3) is 0.400. The van der Waals surface area contributed by atoms with E-state index in [-0.39, 0.29) is 12.3 Å². The van der Waals surface area contributed by atoms with Crippen LogP contribution in [0.15, 0.2) is 23.4 Å². The lowest BCUT2D eigenvalue weighted by molar-refractivity contribution is -0.115. The Morgan fingerprint density at radius 2 is 1.81 bits per heavy atom. The van der Waals surface area contributed by atoms with Crippen molar-refractivity contribution < 1.29 is 4.79 Å². The first-order valence-corrected chi connectivity index (χ1v) is 10.4. The molecule has 2 heterocycles. The standard InChI is InChI=1S/C20H25N5OS/c1-6-14-9-8-10-15(7-2)18(14)22-17(26)11-16-12(3)21-19-23-20(27-5)24-25(19)13(16)4/h8-10H,6-7,11H2,1-5H3,(H,22,26). The fourth-order valence-electron chi connectivity index (χ4n) is 3.28. The van der Waals surface area contributed by atoms with E-state index in [9.17, 15) is 4.79 Å². The van der Waals surface area contributed by atoms with Crippen LogP contribution in [0.1, 0.15) is 41.9 Å². The summed E-state index contributed by atoms with van der Waals surface area (Å²) in [7, 11) is 0. The van der Waals surface area contributed by atoms with Crippen molar-refractivity contribution in [3.05, 3.63) is 46.3 Å². The summed E-state index contributed by atoms with van der Waals surface area (Å²) >= 11 is 1.48. The highest BCUT2D eigenvalue weighted by Crippen LogP contribution is 2.23. The molecule has 0 aliphatic rings. The molecule has 0 radical (unpaired) electrons. The Bertz CT molecular complexity index is 973. The highest BCUT2D eigenvalue weighted by atomic mass is 32.2. The van der Waals surface area contributed by atoms with E-state index in [1.54, 1.807) is 4.52 Å². The SMILES string of the molecule is CCc1cccc(CC)c1NC(=O)Cc1c(C)nc2nc(SC)nn2c1C. The molecule has 0 aliphatic carbocycles. The second kappa shape index (κ2) is 8.08. The van der Waals surface area contributed by atoms with Crippen molar-refractivity contribution in [2.75, 3.05) is 11.6 Å². The Morgan fingerprint density at radius 1 is 1.15 bits per heavy atom. The van der Waals surface area contributed by atoms with E-state index < -0.39 is 0 Å². The van der Waals surface area contributed by atoms with Crippen molar-refractivity contribution in [2.24, 2.45) is 0 Å². The molecule has 0 aliphatic heterocycles. The number of aromatic nitrogens is 4. The van der Waals surface area contributed by atoms with Gasteiger partial charge in [0, 0.05) is 22.6 Å². The number of fused-ring (bicyclic) bond motifs is 1. The van der Waals surface area contributed by atoms with Crippen LogP contribution in [0, 0.1) is 13.8 Å². The summed E-state index contributed by atoms with van der Waals surface area (Å²) in [4.78, 5) is 21.7. The van der Waals surface area contributed by atoms with Gasteiger partial charge in [0.2, 0.25) is 11.1 Å². The van der Waals surface area contributed by atoms with Crippen molar-refractivity contribution in [3.63, 3.8) is 0 Å². The van der Waals surface area contributed by atoms with Crippen molar-refractivity contribution in [1.29, 1.82) is 0 Å². The van der Waals surface area contributed by atoms with Gasteiger partial charge in [-0.05, 0) is 44.1 Å². The third kappa shape index (κ3) is 3.83. The van der Waals surface area contributed by atoms with Crippen LogP contribution in [0.4, 0.5) is 5.69 Å². The van der Waals surface area contributed by atoms with E-state index in [0.717, 1.165) is 46.6 Å². The van der Waals surface area contributed by atoms with Crippen LogP contribution in [-0.2, 0) is 24.1 Å². The maximum absolute atomic E-state index is 12.8. The van der Waals surface area contributed by atoms with Gasteiger partial charge in [-0.3, -0.25) is 4.79 Å². The molecule has 3 aromatic rings. The molecule has 0 atom stereocenters. The number of aryl methyl sites for hydroxylation is 4. The molecule has 3 rings (SSSR count). The van der Waals surface area contributed by atoms with Gasteiger partial charge in [-0.2, -0.15) is 4.98 Å². The number of thioether (sulfide) groups is 1. The van der Waals surface area contributed by atoms with Crippen LogP contribution < -0.4 is 5.32 Å². The molecule has 0 fully saturated rings. The molecular weight excluding hydrogens is 358 g/mol. The van der Waals surface area contributed by atoms with Gasteiger partial charge >= 0.3 is 0 Å². The van der Waals surface area contributed by atoms with Gasteiger partial charge in [0.1, 0.15) is 0 Å². The molecule has 142 valence electrons. The minimum absolute atomic E-state index is 0.0387. The first-order chi connectivity index (χ1) is 13.0. The lowest BCUT2D eigenvalue weighted by Gasteiger charge is -2.15. The Kier molecular flexibility index (Phi) is 5.79. The summed E-state index contributed by atoms with van der Waals surface area (Å²) in [6.07, 6.45) is 3.95. The lowest BCUT2D eigenvalue weighted by Crippen LogP contribution is -2.19. The van der Waals surface area contributed by atoms with Gasteiger partial charge in [-0.25, -0.2) is 9.50 Å². The third-order valence-corrected chi connectivity index (χ3v) is 5.35. The Hall–Kier alpha value is -2.41. The number of benzene rings is 1. The highest BCUT2D eigenvalue weighted by Gasteiger charge is 2.17. The number of rotatable bonds is 6. The first-order valence-electron chi connectivity index (χ1n) is 9.15. The van der Waals surface area contributed by atoms with E-state index >= 15 is 0 Å². The number of nitrogens with one attached hydrogen (secondary N) is 1. The average molecular weight is 384 g/mol. The zero-order chi connectivity index (χ0) is 19.6. The van der Waals surface area contributed by atoms with Crippen LogP contribution in [-0.4, -0.2) is 31.7 Å². The molecule has 0 saturated heterocycles. The van der Waals surface area contributed by atoms with E-state index in [2.05, 4.69) is 46.4 Å². The Morgan fingerprint density at radius 3 is 2.41 bits per heavy atom. The highest BCUT2D eigenvalue weighted by molar-refractivity contribution is 7.98. The molecule has 0 spiro atoms. The summed E-state index contributed by atoms with van der Waals surface area (Å²) < 4.78 is 1.72. The number of para-hydroxylation sites is 1. The molecule has 27 heavy (non-hydrogen) atoms.